The number of hydrogen-bond donors (Lipinski definition) is 2. The minimum Gasteiger partial charge on any atom is -0.349 e. The molecule has 130 valence electrons. The van der Waals surface area contributed by atoms with E-state index >= 15 is 0 Å². The number of hydrogen-bond acceptors (Lipinski definition) is 4. The summed E-state index contributed by atoms with van der Waals surface area (Å²) < 4.78 is 0. The lowest BCUT2D eigenvalue weighted by Crippen LogP contribution is -2.52. The van der Waals surface area contributed by atoms with E-state index in [9.17, 15) is 19.2 Å². The summed E-state index contributed by atoms with van der Waals surface area (Å²) in [6.07, 6.45) is 2.90. The lowest BCUT2D eigenvalue weighted by atomic mass is 9.94. The summed E-state index contributed by atoms with van der Waals surface area (Å²) >= 11 is 0. The van der Waals surface area contributed by atoms with E-state index in [-0.39, 0.29) is 30.2 Å². The molecule has 0 aromatic heterocycles. The Kier molecular flexibility index (Phi) is 3.78. The van der Waals surface area contributed by atoms with Crippen LogP contribution in [0.5, 0.6) is 0 Å². The molecule has 25 heavy (non-hydrogen) atoms. The third kappa shape index (κ3) is 2.79. The molecule has 0 aliphatic carbocycles. The van der Waals surface area contributed by atoms with Gasteiger partial charge in [0.15, 0.2) is 0 Å². The zero-order valence-corrected chi connectivity index (χ0v) is 13.7. The van der Waals surface area contributed by atoms with E-state index in [0.29, 0.717) is 24.9 Å². The quantitative estimate of drug-likeness (QED) is 0.778. The summed E-state index contributed by atoms with van der Waals surface area (Å²) in [6.45, 7) is 0.356. The Morgan fingerprint density at radius 3 is 2.60 bits per heavy atom. The first kappa shape index (κ1) is 15.8. The molecule has 2 fully saturated rings. The fourth-order valence-electron chi connectivity index (χ4n) is 3.87. The van der Waals surface area contributed by atoms with Gasteiger partial charge in [0, 0.05) is 24.9 Å². The van der Waals surface area contributed by atoms with Crippen LogP contribution in [-0.4, -0.2) is 34.6 Å². The maximum atomic E-state index is 12.7. The number of fused-ring (bicyclic) bond motifs is 1. The van der Waals surface area contributed by atoms with Gasteiger partial charge < -0.3 is 10.2 Å². The Balaban J connectivity index is 1.56. The van der Waals surface area contributed by atoms with Gasteiger partial charge in [-0.2, -0.15) is 0 Å². The first-order valence-electron chi connectivity index (χ1n) is 8.60. The lowest BCUT2D eigenvalue weighted by molar-refractivity contribution is -0.137. The molecule has 3 aliphatic heterocycles. The van der Waals surface area contributed by atoms with Crippen molar-refractivity contribution in [2.75, 3.05) is 0 Å². The van der Waals surface area contributed by atoms with Gasteiger partial charge in [-0.15, -0.1) is 0 Å². The van der Waals surface area contributed by atoms with E-state index in [4.69, 9.17) is 0 Å². The van der Waals surface area contributed by atoms with E-state index < -0.39 is 11.9 Å². The predicted octanol–water partition coefficient (Wildman–Crippen LogP) is 0.789. The van der Waals surface area contributed by atoms with Crippen LogP contribution in [0, 0.1) is 0 Å². The van der Waals surface area contributed by atoms with Crippen LogP contribution in [-0.2, 0) is 20.9 Å². The zero-order chi connectivity index (χ0) is 17.6. The predicted molar refractivity (Wildman–Crippen MR) is 87.2 cm³/mol. The van der Waals surface area contributed by atoms with Crippen molar-refractivity contribution < 1.29 is 19.2 Å². The van der Waals surface area contributed by atoms with Crippen LogP contribution < -0.4 is 10.6 Å². The maximum absolute atomic E-state index is 12.7. The number of carbonyl (C=O) groups is 4. The molecule has 1 aromatic carbocycles. The van der Waals surface area contributed by atoms with Crippen molar-refractivity contribution in [1.82, 2.24) is 15.5 Å². The molecular formula is C18H19N3O4. The van der Waals surface area contributed by atoms with E-state index in [1.54, 1.807) is 6.07 Å². The molecule has 2 atom stereocenters. The first-order chi connectivity index (χ1) is 12.0. The average Bonchev–Trinajstić information content (AvgIpc) is 2.91. The Labute approximate surface area is 144 Å². The van der Waals surface area contributed by atoms with Crippen molar-refractivity contribution in [2.24, 2.45) is 0 Å². The van der Waals surface area contributed by atoms with Gasteiger partial charge in [-0.05, 0) is 36.5 Å². The summed E-state index contributed by atoms with van der Waals surface area (Å²) in [5.41, 5.74) is 2.45. The van der Waals surface area contributed by atoms with Gasteiger partial charge in [-0.25, -0.2) is 0 Å². The van der Waals surface area contributed by atoms with Crippen LogP contribution >= 0.6 is 0 Å². The van der Waals surface area contributed by atoms with Crippen molar-refractivity contribution in [1.29, 1.82) is 0 Å². The SMILES string of the molecule is O=C1CCC(N2Cc3cc(C4CCCC(=O)N4)ccc3C2=O)C(=O)N1. The topological polar surface area (TPSA) is 95.6 Å². The number of rotatable bonds is 2. The molecule has 0 bridgehead atoms. The molecule has 0 spiro atoms. The van der Waals surface area contributed by atoms with E-state index in [2.05, 4.69) is 10.6 Å². The number of nitrogens with zero attached hydrogens (tertiary/aromatic N) is 1. The second-order valence-electron chi connectivity index (χ2n) is 6.83. The Hall–Kier alpha value is -2.70. The second-order valence-corrected chi connectivity index (χ2v) is 6.83. The fourth-order valence-corrected chi connectivity index (χ4v) is 3.87. The number of amides is 4. The smallest absolute Gasteiger partial charge is 0.255 e. The third-order valence-electron chi connectivity index (χ3n) is 5.18. The van der Waals surface area contributed by atoms with Crippen LogP contribution in [0.4, 0.5) is 0 Å². The molecule has 3 aliphatic rings. The van der Waals surface area contributed by atoms with Crippen LogP contribution in [0.3, 0.4) is 0 Å². The molecule has 0 radical (unpaired) electrons. The Morgan fingerprint density at radius 1 is 1.00 bits per heavy atom. The number of nitrogens with one attached hydrogen (secondary N) is 2. The number of imide groups is 1. The molecule has 1 aromatic rings. The van der Waals surface area contributed by atoms with Crippen molar-refractivity contribution >= 4 is 23.6 Å². The van der Waals surface area contributed by atoms with E-state index in [1.165, 1.54) is 4.90 Å². The van der Waals surface area contributed by atoms with Gasteiger partial charge >= 0.3 is 0 Å². The van der Waals surface area contributed by atoms with Crippen LogP contribution in [0.15, 0.2) is 18.2 Å². The summed E-state index contributed by atoms with van der Waals surface area (Å²) in [6, 6.07) is 4.98. The number of carbonyl (C=O) groups excluding carboxylic acids is 4. The van der Waals surface area contributed by atoms with Crippen LogP contribution in [0.25, 0.3) is 0 Å². The molecule has 7 nitrogen and oxygen atoms in total. The summed E-state index contributed by atoms with van der Waals surface area (Å²) in [7, 11) is 0. The van der Waals surface area contributed by atoms with E-state index in [0.717, 1.165) is 24.0 Å². The normalized spacial score (nSPS) is 26.3. The Morgan fingerprint density at radius 2 is 1.84 bits per heavy atom. The fraction of sp³-hybridized carbons (Fsp3) is 0.444. The minimum absolute atomic E-state index is 0.0219. The van der Waals surface area contributed by atoms with Gasteiger partial charge in [0.2, 0.25) is 17.7 Å². The molecule has 2 unspecified atom stereocenters. The molecular weight excluding hydrogens is 322 g/mol. The molecule has 3 heterocycles. The van der Waals surface area contributed by atoms with Gasteiger partial charge in [0.05, 0.1) is 6.04 Å². The van der Waals surface area contributed by atoms with Gasteiger partial charge in [0.25, 0.3) is 5.91 Å². The monoisotopic (exact) mass is 341 g/mol. The van der Waals surface area contributed by atoms with Gasteiger partial charge in [-0.1, -0.05) is 12.1 Å². The Bertz CT molecular complexity index is 789. The van der Waals surface area contributed by atoms with Crippen molar-refractivity contribution in [2.45, 2.75) is 50.7 Å². The summed E-state index contributed by atoms with van der Waals surface area (Å²) in [5, 5.41) is 5.28. The standard InChI is InChI=1S/C18H19N3O4/c22-15-3-1-2-13(19-15)10-4-5-12-11(8-10)9-21(18(12)25)14-6-7-16(23)20-17(14)24/h4-5,8,13-14H,1-3,6-7,9H2,(H,19,22)(H,20,23,24). The zero-order valence-electron chi connectivity index (χ0n) is 13.7. The van der Waals surface area contributed by atoms with Crippen molar-refractivity contribution in [3.8, 4) is 0 Å². The molecule has 2 saturated heterocycles. The molecule has 4 amide bonds. The molecule has 2 N–H and O–H groups in total. The largest absolute Gasteiger partial charge is 0.349 e. The van der Waals surface area contributed by atoms with E-state index in [1.807, 2.05) is 12.1 Å². The number of piperidine rings is 2. The highest BCUT2D eigenvalue weighted by Crippen LogP contribution is 2.31. The maximum Gasteiger partial charge on any atom is 0.255 e. The first-order valence-corrected chi connectivity index (χ1v) is 8.60. The molecule has 4 rings (SSSR count). The highest BCUT2D eigenvalue weighted by Gasteiger charge is 2.39. The van der Waals surface area contributed by atoms with Gasteiger partial charge in [-0.3, -0.25) is 24.5 Å². The summed E-state index contributed by atoms with van der Waals surface area (Å²) in [5.74, 6) is -0.820. The molecule has 7 heteroatoms. The van der Waals surface area contributed by atoms with Crippen molar-refractivity contribution in [3.63, 3.8) is 0 Å². The highest BCUT2D eigenvalue weighted by molar-refractivity contribution is 6.05. The number of benzene rings is 1. The lowest BCUT2D eigenvalue weighted by Gasteiger charge is -2.29. The van der Waals surface area contributed by atoms with Gasteiger partial charge in [0.1, 0.15) is 6.04 Å². The average molecular weight is 341 g/mol. The molecule has 0 saturated carbocycles. The van der Waals surface area contributed by atoms with Crippen LogP contribution in [0.2, 0.25) is 0 Å². The summed E-state index contributed by atoms with van der Waals surface area (Å²) in [4.78, 5) is 49.2. The third-order valence-corrected chi connectivity index (χ3v) is 5.18. The van der Waals surface area contributed by atoms with Crippen molar-refractivity contribution in [3.05, 3.63) is 34.9 Å². The minimum atomic E-state index is -0.601. The van der Waals surface area contributed by atoms with Crippen LogP contribution in [0.1, 0.15) is 59.6 Å². The highest BCUT2D eigenvalue weighted by atomic mass is 16.2. The second kappa shape index (κ2) is 5.98.